The van der Waals surface area contributed by atoms with E-state index >= 15 is 0 Å². The highest BCUT2D eigenvalue weighted by Crippen LogP contribution is 2.03. The summed E-state index contributed by atoms with van der Waals surface area (Å²) < 4.78 is 25.6. The molecule has 0 aliphatic carbocycles. The quantitative estimate of drug-likeness (QED) is 0.388. The van der Waals surface area contributed by atoms with Crippen molar-refractivity contribution < 1.29 is 33.3 Å². The van der Waals surface area contributed by atoms with Gasteiger partial charge in [0.1, 0.15) is 12.7 Å². The van der Waals surface area contributed by atoms with E-state index in [1.807, 2.05) is 0 Å². The lowest BCUT2D eigenvalue weighted by Crippen LogP contribution is -2.34. The van der Waals surface area contributed by atoms with Crippen LogP contribution in [0.15, 0.2) is 12.7 Å². The fraction of sp³-hybridized carbons (Fsp3) is 0.714. The molecule has 0 bridgehead atoms. The Morgan fingerprint density at radius 3 is 2.14 bits per heavy atom. The fourth-order valence-corrected chi connectivity index (χ4v) is 1.38. The van der Waals surface area contributed by atoms with Crippen molar-refractivity contribution in [3.05, 3.63) is 12.7 Å². The van der Waals surface area contributed by atoms with E-state index in [1.54, 1.807) is 21.1 Å². The minimum Gasteiger partial charge on any atom is -0.458 e. The molecule has 0 aliphatic heterocycles. The van der Waals surface area contributed by atoms with Crippen LogP contribution in [0.2, 0.25) is 0 Å². The highest BCUT2D eigenvalue weighted by molar-refractivity contribution is 5.81. The van der Waals surface area contributed by atoms with Crippen molar-refractivity contribution >= 4 is 11.9 Å². The smallest absolute Gasteiger partial charge is 0.330 e. The van der Waals surface area contributed by atoms with Gasteiger partial charge in [-0.15, -0.1) is 0 Å². The van der Waals surface area contributed by atoms with Crippen molar-refractivity contribution in [2.24, 2.45) is 0 Å². The van der Waals surface area contributed by atoms with Gasteiger partial charge < -0.3 is 23.7 Å². The summed E-state index contributed by atoms with van der Waals surface area (Å²) in [5.74, 6) is -0.980. The van der Waals surface area contributed by atoms with E-state index in [-0.39, 0.29) is 25.7 Å². The number of rotatable bonds is 12. The lowest BCUT2D eigenvalue weighted by Gasteiger charge is -2.21. The molecule has 0 aromatic rings. The molecule has 0 aromatic carbocycles. The summed E-state index contributed by atoms with van der Waals surface area (Å²) in [6, 6.07) is 0. The van der Waals surface area contributed by atoms with Gasteiger partial charge in [0, 0.05) is 26.7 Å². The van der Waals surface area contributed by atoms with Crippen LogP contribution in [-0.2, 0) is 33.3 Å². The summed E-state index contributed by atoms with van der Waals surface area (Å²) in [7, 11) is 3.10. The molecule has 7 heteroatoms. The average molecular weight is 304 g/mol. The molecule has 0 N–H and O–H groups in total. The Kier molecular flexibility index (Phi) is 11.5. The molecular weight excluding hydrogens is 280 g/mol. The second-order valence-corrected chi connectivity index (χ2v) is 4.17. The number of hydrogen-bond acceptors (Lipinski definition) is 7. The molecule has 122 valence electrons. The standard InChI is InChI=1S/C14H24O7/c1-5-13(15)20-10-12(21-14(16)6-2)9-19-11(7-17-3)8-18-4/h5,11-12H,1,6-10H2,2-4H3. The van der Waals surface area contributed by atoms with Gasteiger partial charge in [-0.05, 0) is 0 Å². The monoisotopic (exact) mass is 304 g/mol. The zero-order valence-corrected chi connectivity index (χ0v) is 12.8. The van der Waals surface area contributed by atoms with Gasteiger partial charge in [0.05, 0.1) is 19.8 Å². The van der Waals surface area contributed by atoms with Gasteiger partial charge in [0.2, 0.25) is 0 Å². The number of carbonyl (C=O) groups is 2. The van der Waals surface area contributed by atoms with Crippen LogP contribution in [0.3, 0.4) is 0 Å². The lowest BCUT2D eigenvalue weighted by molar-refractivity contribution is -0.163. The van der Waals surface area contributed by atoms with E-state index in [0.717, 1.165) is 6.08 Å². The first-order valence-electron chi connectivity index (χ1n) is 6.65. The zero-order valence-electron chi connectivity index (χ0n) is 12.8. The van der Waals surface area contributed by atoms with E-state index < -0.39 is 18.0 Å². The molecule has 0 saturated carbocycles. The van der Waals surface area contributed by atoms with E-state index in [9.17, 15) is 9.59 Å². The largest absolute Gasteiger partial charge is 0.458 e. The summed E-state index contributed by atoms with van der Waals surface area (Å²) in [6.07, 6.45) is 0.291. The molecule has 0 saturated heterocycles. The van der Waals surface area contributed by atoms with Gasteiger partial charge in [-0.1, -0.05) is 13.5 Å². The van der Waals surface area contributed by atoms with Crippen molar-refractivity contribution in [3.8, 4) is 0 Å². The van der Waals surface area contributed by atoms with Crippen LogP contribution in [0, 0.1) is 0 Å². The van der Waals surface area contributed by atoms with Crippen LogP contribution in [0.25, 0.3) is 0 Å². The average Bonchev–Trinajstić information content (AvgIpc) is 2.49. The Balaban J connectivity index is 4.38. The van der Waals surface area contributed by atoms with E-state index in [0.29, 0.717) is 13.2 Å². The van der Waals surface area contributed by atoms with Gasteiger partial charge in [0.25, 0.3) is 0 Å². The van der Waals surface area contributed by atoms with E-state index in [1.165, 1.54) is 0 Å². The van der Waals surface area contributed by atoms with Crippen molar-refractivity contribution in [1.82, 2.24) is 0 Å². The highest BCUT2D eigenvalue weighted by Gasteiger charge is 2.19. The second-order valence-electron chi connectivity index (χ2n) is 4.17. The molecule has 0 aliphatic rings. The number of carbonyl (C=O) groups excluding carboxylic acids is 2. The maximum atomic E-state index is 11.3. The van der Waals surface area contributed by atoms with E-state index in [4.69, 9.17) is 23.7 Å². The van der Waals surface area contributed by atoms with Crippen molar-refractivity contribution in [2.75, 3.05) is 40.6 Å². The fourth-order valence-electron chi connectivity index (χ4n) is 1.38. The summed E-state index contributed by atoms with van der Waals surface area (Å²) in [6.45, 7) is 5.63. The first kappa shape index (κ1) is 19.6. The summed E-state index contributed by atoms with van der Waals surface area (Å²) in [5, 5.41) is 0. The number of methoxy groups -OCH3 is 2. The Bertz CT molecular complexity index is 310. The number of ether oxygens (including phenoxy) is 5. The molecule has 7 nitrogen and oxygen atoms in total. The molecule has 0 aromatic heterocycles. The lowest BCUT2D eigenvalue weighted by atomic mass is 10.3. The van der Waals surface area contributed by atoms with Crippen molar-refractivity contribution in [1.29, 1.82) is 0 Å². The van der Waals surface area contributed by atoms with Crippen LogP contribution >= 0.6 is 0 Å². The van der Waals surface area contributed by atoms with Crippen molar-refractivity contribution in [3.63, 3.8) is 0 Å². The van der Waals surface area contributed by atoms with Crippen LogP contribution in [0.4, 0.5) is 0 Å². The predicted molar refractivity (Wildman–Crippen MR) is 74.8 cm³/mol. The molecule has 1 unspecified atom stereocenters. The minimum atomic E-state index is -0.683. The molecule has 21 heavy (non-hydrogen) atoms. The van der Waals surface area contributed by atoms with Gasteiger partial charge >= 0.3 is 11.9 Å². The normalized spacial score (nSPS) is 12.0. The molecule has 0 rings (SSSR count). The van der Waals surface area contributed by atoms with Crippen LogP contribution in [0.5, 0.6) is 0 Å². The highest BCUT2D eigenvalue weighted by atomic mass is 16.6. The molecule has 0 amide bonds. The third-order valence-corrected chi connectivity index (χ3v) is 2.39. The first-order chi connectivity index (χ1) is 10.1. The van der Waals surface area contributed by atoms with Crippen LogP contribution in [0.1, 0.15) is 13.3 Å². The molecule has 1 atom stereocenters. The molecular formula is C14H24O7. The predicted octanol–water partition coefficient (Wildman–Crippen LogP) is 0.715. The summed E-state index contributed by atoms with van der Waals surface area (Å²) in [4.78, 5) is 22.4. The summed E-state index contributed by atoms with van der Waals surface area (Å²) in [5.41, 5.74) is 0. The SMILES string of the molecule is C=CC(=O)OCC(COC(COC)COC)OC(=O)CC. The number of esters is 2. The topological polar surface area (TPSA) is 80.3 Å². The Labute approximate surface area is 125 Å². The maximum Gasteiger partial charge on any atom is 0.330 e. The van der Waals surface area contributed by atoms with Gasteiger partial charge in [0.15, 0.2) is 6.10 Å². The third-order valence-electron chi connectivity index (χ3n) is 2.39. The van der Waals surface area contributed by atoms with Gasteiger partial charge in [-0.3, -0.25) is 4.79 Å². The second kappa shape index (κ2) is 12.3. The zero-order chi connectivity index (χ0) is 16.1. The third kappa shape index (κ3) is 10.0. The Hall–Kier alpha value is -1.44. The van der Waals surface area contributed by atoms with Crippen molar-refractivity contribution in [2.45, 2.75) is 25.6 Å². The van der Waals surface area contributed by atoms with Gasteiger partial charge in [-0.2, -0.15) is 0 Å². The molecule has 0 heterocycles. The van der Waals surface area contributed by atoms with Crippen LogP contribution < -0.4 is 0 Å². The maximum absolute atomic E-state index is 11.3. The molecule has 0 radical (unpaired) electrons. The molecule has 0 fully saturated rings. The number of hydrogen-bond donors (Lipinski definition) is 0. The van der Waals surface area contributed by atoms with Gasteiger partial charge in [-0.25, -0.2) is 4.79 Å². The minimum absolute atomic E-state index is 0.0769. The Morgan fingerprint density at radius 1 is 1.05 bits per heavy atom. The Morgan fingerprint density at radius 2 is 1.67 bits per heavy atom. The summed E-state index contributed by atoms with van der Waals surface area (Å²) >= 11 is 0. The first-order valence-corrected chi connectivity index (χ1v) is 6.65. The molecule has 0 spiro atoms. The van der Waals surface area contributed by atoms with E-state index in [2.05, 4.69) is 6.58 Å². The van der Waals surface area contributed by atoms with Crippen LogP contribution in [-0.4, -0.2) is 64.8 Å².